The quantitative estimate of drug-likeness (QED) is 0.497. The second kappa shape index (κ2) is 9.77. The summed E-state index contributed by atoms with van der Waals surface area (Å²) in [5, 5.41) is 2.53. The van der Waals surface area contributed by atoms with Crippen LogP contribution in [0.5, 0.6) is 0 Å². The molecule has 0 radical (unpaired) electrons. The summed E-state index contributed by atoms with van der Waals surface area (Å²) < 4.78 is 4.98. The highest BCUT2D eigenvalue weighted by Gasteiger charge is 2.27. The van der Waals surface area contributed by atoms with Crippen LogP contribution in [0.25, 0.3) is 0 Å². The Labute approximate surface area is 148 Å². The number of carbonyl (C=O) groups excluding carboxylic acids is 2. The normalized spacial score (nSPS) is 14.8. The van der Waals surface area contributed by atoms with Crippen LogP contribution < -0.4 is 0 Å². The third-order valence-corrected chi connectivity index (χ3v) is 5.24. The zero-order chi connectivity index (χ0) is 17.4. The first-order valence-corrected chi connectivity index (χ1v) is 9.94. The number of nitrogens with zero attached hydrogens (tertiary/aromatic N) is 2. The van der Waals surface area contributed by atoms with Gasteiger partial charge in [0.15, 0.2) is 5.69 Å². The van der Waals surface area contributed by atoms with E-state index in [0.717, 1.165) is 56.5 Å². The predicted octanol–water partition coefficient (Wildman–Crippen LogP) is 4.03. The first-order valence-electron chi connectivity index (χ1n) is 9.06. The molecule has 1 aliphatic carbocycles. The largest absolute Gasteiger partial charge is 0.461 e. The van der Waals surface area contributed by atoms with Gasteiger partial charge in [0.25, 0.3) is 0 Å². The first kappa shape index (κ1) is 18.9. The van der Waals surface area contributed by atoms with Crippen molar-refractivity contribution in [1.82, 2.24) is 9.88 Å². The zero-order valence-electron chi connectivity index (χ0n) is 14.8. The summed E-state index contributed by atoms with van der Waals surface area (Å²) in [6, 6.07) is 0. The highest BCUT2D eigenvalue weighted by Crippen LogP contribution is 2.27. The molecule has 1 aliphatic rings. The average molecular weight is 353 g/mol. The van der Waals surface area contributed by atoms with E-state index < -0.39 is 0 Å². The van der Waals surface area contributed by atoms with Crippen LogP contribution in [0.2, 0.25) is 0 Å². The Hall–Kier alpha value is -1.43. The van der Waals surface area contributed by atoms with Crippen LogP contribution >= 0.6 is 11.3 Å². The lowest BCUT2D eigenvalue weighted by atomic mass is 10.1. The number of hydrogen-bond donors (Lipinski definition) is 0. The summed E-state index contributed by atoms with van der Waals surface area (Å²) in [6.07, 6.45) is 7.61. The van der Waals surface area contributed by atoms with Gasteiger partial charge in [-0.1, -0.05) is 32.6 Å². The summed E-state index contributed by atoms with van der Waals surface area (Å²) in [7, 11) is 0. The van der Waals surface area contributed by atoms with Gasteiger partial charge in [0.05, 0.1) is 13.2 Å². The Balaban J connectivity index is 2.01. The number of ether oxygens (including phenoxy) is 1. The van der Waals surface area contributed by atoms with E-state index in [0.29, 0.717) is 18.8 Å². The van der Waals surface area contributed by atoms with Crippen molar-refractivity contribution in [3.63, 3.8) is 0 Å². The molecule has 1 aromatic heterocycles. The van der Waals surface area contributed by atoms with Crippen LogP contribution in [0, 0.1) is 5.92 Å². The maximum absolute atomic E-state index is 12.8. The van der Waals surface area contributed by atoms with Crippen LogP contribution in [-0.4, -0.2) is 34.9 Å². The Morgan fingerprint density at radius 1 is 1.29 bits per heavy atom. The Morgan fingerprint density at radius 2 is 2.04 bits per heavy atom. The number of unbranched alkanes of at least 4 members (excludes halogenated alkanes) is 2. The zero-order valence-corrected chi connectivity index (χ0v) is 15.6. The summed E-state index contributed by atoms with van der Waals surface area (Å²) in [6.45, 7) is 5.56. The standard InChI is InChI=1S/C18H28N2O3S/c1-3-5-8-11-20(17(21)14-9-6-7-10-14)12-16-19-15(13-24-16)18(22)23-4-2/h13-14H,3-12H2,1-2H3. The SMILES string of the molecule is CCCCCN(Cc1nc(C(=O)OCC)cs1)C(=O)C1CCCC1. The number of thiazole rings is 1. The molecule has 5 nitrogen and oxygen atoms in total. The minimum atomic E-state index is -0.389. The van der Waals surface area contributed by atoms with Gasteiger partial charge in [-0.25, -0.2) is 9.78 Å². The second-order valence-electron chi connectivity index (χ2n) is 6.30. The maximum atomic E-state index is 12.8. The molecule has 0 N–H and O–H groups in total. The molecule has 0 atom stereocenters. The molecule has 1 fully saturated rings. The van der Waals surface area contributed by atoms with Crippen molar-refractivity contribution in [1.29, 1.82) is 0 Å². The molecular formula is C18H28N2O3S. The molecule has 0 unspecified atom stereocenters. The fourth-order valence-corrected chi connectivity index (χ4v) is 3.87. The molecule has 0 aliphatic heterocycles. The minimum absolute atomic E-state index is 0.177. The molecule has 24 heavy (non-hydrogen) atoms. The Bertz CT molecular complexity index is 538. The highest BCUT2D eigenvalue weighted by molar-refractivity contribution is 7.09. The molecule has 1 saturated carbocycles. The van der Waals surface area contributed by atoms with E-state index in [1.54, 1.807) is 12.3 Å². The van der Waals surface area contributed by atoms with E-state index in [-0.39, 0.29) is 17.8 Å². The molecule has 0 saturated heterocycles. The van der Waals surface area contributed by atoms with Gasteiger partial charge in [-0.15, -0.1) is 11.3 Å². The number of hydrogen-bond acceptors (Lipinski definition) is 5. The van der Waals surface area contributed by atoms with Gasteiger partial charge in [-0.3, -0.25) is 4.79 Å². The number of rotatable bonds is 9. The second-order valence-corrected chi connectivity index (χ2v) is 7.24. The molecule has 0 spiro atoms. The molecule has 0 aromatic carbocycles. The smallest absolute Gasteiger partial charge is 0.357 e. The van der Waals surface area contributed by atoms with Crippen LogP contribution in [0.1, 0.15) is 74.3 Å². The van der Waals surface area contributed by atoms with Crippen molar-refractivity contribution in [2.75, 3.05) is 13.2 Å². The van der Waals surface area contributed by atoms with E-state index in [4.69, 9.17) is 4.74 Å². The molecule has 0 bridgehead atoms. The topological polar surface area (TPSA) is 59.5 Å². The lowest BCUT2D eigenvalue weighted by Gasteiger charge is -2.24. The molecule has 1 heterocycles. The van der Waals surface area contributed by atoms with Crippen molar-refractivity contribution >= 4 is 23.2 Å². The number of amides is 1. The van der Waals surface area contributed by atoms with E-state index >= 15 is 0 Å². The Morgan fingerprint density at radius 3 is 2.71 bits per heavy atom. The van der Waals surface area contributed by atoms with Crippen LogP contribution in [-0.2, 0) is 16.1 Å². The fourth-order valence-electron chi connectivity index (χ4n) is 3.10. The van der Waals surface area contributed by atoms with Gasteiger partial charge >= 0.3 is 5.97 Å². The predicted molar refractivity (Wildman–Crippen MR) is 95.0 cm³/mol. The maximum Gasteiger partial charge on any atom is 0.357 e. The Kier molecular flexibility index (Phi) is 7.69. The van der Waals surface area contributed by atoms with Gasteiger partial charge < -0.3 is 9.64 Å². The van der Waals surface area contributed by atoms with Crippen molar-refractivity contribution in [2.24, 2.45) is 5.92 Å². The third-order valence-electron chi connectivity index (χ3n) is 4.41. The monoisotopic (exact) mass is 352 g/mol. The van der Waals surface area contributed by atoms with Crippen LogP contribution in [0.3, 0.4) is 0 Å². The molecule has 1 amide bonds. The van der Waals surface area contributed by atoms with Gasteiger partial charge in [0.1, 0.15) is 5.01 Å². The van der Waals surface area contributed by atoms with E-state index in [2.05, 4.69) is 11.9 Å². The molecule has 2 rings (SSSR count). The van der Waals surface area contributed by atoms with Gasteiger partial charge in [-0.05, 0) is 26.2 Å². The third kappa shape index (κ3) is 5.30. The van der Waals surface area contributed by atoms with Crippen molar-refractivity contribution in [3.05, 3.63) is 16.1 Å². The summed E-state index contributed by atoms with van der Waals surface area (Å²) >= 11 is 1.43. The van der Waals surface area contributed by atoms with Crippen molar-refractivity contribution in [2.45, 2.75) is 65.3 Å². The van der Waals surface area contributed by atoms with E-state index in [1.807, 2.05) is 4.90 Å². The average Bonchev–Trinajstić information content (AvgIpc) is 3.25. The van der Waals surface area contributed by atoms with Crippen molar-refractivity contribution < 1.29 is 14.3 Å². The van der Waals surface area contributed by atoms with E-state index in [1.165, 1.54) is 11.3 Å². The van der Waals surface area contributed by atoms with Gasteiger partial charge in [0.2, 0.25) is 5.91 Å². The fraction of sp³-hybridized carbons (Fsp3) is 0.722. The summed E-state index contributed by atoms with van der Waals surface area (Å²) in [4.78, 5) is 30.8. The number of esters is 1. The first-order chi connectivity index (χ1) is 11.7. The minimum Gasteiger partial charge on any atom is -0.461 e. The van der Waals surface area contributed by atoms with Crippen LogP contribution in [0.4, 0.5) is 0 Å². The van der Waals surface area contributed by atoms with Gasteiger partial charge in [0, 0.05) is 17.8 Å². The van der Waals surface area contributed by atoms with E-state index in [9.17, 15) is 9.59 Å². The molecular weight excluding hydrogens is 324 g/mol. The molecule has 6 heteroatoms. The van der Waals surface area contributed by atoms with Gasteiger partial charge in [-0.2, -0.15) is 0 Å². The molecule has 134 valence electrons. The highest BCUT2D eigenvalue weighted by atomic mass is 32.1. The summed E-state index contributed by atoms with van der Waals surface area (Å²) in [5.41, 5.74) is 0.346. The lowest BCUT2D eigenvalue weighted by molar-refractivity contribution is -0.136. The number of carbonyl (C=O) groups is 2. The summed E-state index contributed by atoms with van der Waals surface area (Å²) in [5.74, 6) is 0.0484. The van der Waals surface area contributed by atoms with Crippen molar-refractivity contribution in [3.8, 4) is 0 Å². The lowest BCUT2D eigenvalue weighted by Crippen LogP contribution is -2.35. The van der Waals surface area contributed by atoms with Crippen LogP contribution in [0.15, 0.2) is 5.38 Å². The molecule has 1 aromatic rings. The number of aromatic nitrogens is 1.